The first-order valence-corrected chi connectivity index (χ1v) is 5.12. The molecule has 0 N–H and O–H groups in total. The van der Waals surface area contributed by atoms with Crippen LogP contribution >= 0.6 is 9.90 Å². The molecular weight excluding hydrogens is 234 g/mol. The van der Waals surface area contributed by atoms with Crippen LogP contribution in [0.25, 0.3) is 0 Å². The minimum atomic E-state index is 0. The summed E-state index contributed by atoms with van der Waals surface area (Å²) in [5.41, 5.74) is 0. The first-order valence-electron chi connectivity index (χ1n) is 5.12. The van der Waals surface area contributed by atoms with Crippen molar-refractivity contribution >= 4 is 9.90 Å². The molecule has 0 amide bonds. The predicted molar refractivity (Wildman–Crippen MR) is 71.9 cm³/mol. The van der Waals surface area contributed by atoms with Crippen LogP contribution in [0.15, 0.2) is 0 Å². The Labute approximate surface area is 107 Å². The third kappa shape index (κ3) is 119. The molecule has 0 aliphatic rings. The fourth-order valence-electron chi connectivity index (χ4n) is 0. The largest absolute Gasteiger partial charge is 3.00 e. The summed E-state index contributed by atoms with van der Waals surface area (Å²) in [6, 6.07) is 0. The van der Waals surface area contributed by atoms with Crippen molar-refractivity contribution in [1.29, 1.82) is 0 Å². The van der Waals surface area contributed by atoms with E-state index in [1.807, 2.05) is 0 Å². The van der Waals surface area contributed by atoms with Gasteiger partial charge in [-0.2, -0.15) is 29.2 Å². The summed E-state index contributed by atoms with van der Waals surface area (Å²) in [4.78, 5) is 0. The average Bonchev–Trinajstić information content (AvgIpc) is 2.18. The number of unbranched alkanes of at least 4 members (excludes halogenated alkanes) is 3. The molecule has 0 aromatic carbocycles. The molecule has 0 bridgehead atoms. The van der Waals surface area contributed by atoms with E-state index < -0.39 is 0 Å². The second-order valence-electron chi connectivity index (χ2n) is 2.56. The summed E-state index contributed by atoms with van der Waals surface area (Å²) in [5, 5.41) is 0. The van der Waals surface area contributed by atoms with Gasteiger partial charge in [-0.1, -0.05) is 40.0 Å². The third-order valence-corrected chi connectivity index (χ3v) is 1.06. The first-order chi connectivity index (χ1) is 5.74. The molecule has 0 aromatic heterocycles. The summed E-state index contributed by atoms with van der Waals surface area (Å²) in [6.07, 6.45) is 6.83. The smallest absolute Gasteiger partial charge is 0.343 e. The van der Waals surface area contributed by atoms with Crippen LogP contribution in [0.1, 0.15) is 59.3 Å². The maximum Gasteiger partial charge on any atom is 3.00 e. The molecule has 0 saturated heterocycles. The van der Waals surface area contributed by atoms with Gasteiger partial charge in [0.1, 0.15) is 0 Å². The van der Waals surface area contributed by atoms with E-state index in [0.717, 1.165) is 19.3 Å². The Morgan fingerprint density at radius 1 is 0.643 bits per heavy atom. The van der Waals surface area contributed by atoms with Crippen LogP contribution in [-0.2, 0) is 16.8 Å². The Balaban J connectivity index is -0.0000000270. The van der Waals surface area contributed by atoms with Crippen LogP contribution in [0.5, 0.6) is 0 Å². The molecule has 0 saturated carbocycles. The van der Waals surface area contributed by atoms with Crippen LogP contribution < -0.4 is 0 Å². The van der Waals surface area contributed by atoms with Gasteiger partial charge in [0, 0.05) is 0 Å². The minimum Gasteiger partial charge on any atom is -0.343 e. The average molecular weight is 264 g/mol. The third-order valence-electron chi connectivity index (χ3n) is 1.06. The number of hydrogen-bond acceptors (Lipinski definition) is 0. The summed E-state index contributed by atoms with van der Waals surface area (Å²) >= 11 is 0. The molecular formula is C12H30CoP. The molecule has 0 radical (unpaired) electrons. The molecule has 1 unspecified atom stereocenters. The quantitative estimate of drug-likeness (QED) is 0.501. The monoisotopic (exact) mass is 264 g/mol. The zero-order valence-electron chi connectivity index (χ0n) is 10.4. The van der Waals surface area contributed by atoms with Gasteiger partial charge in [0.15, 0.2) is 0 Å². The van der Waals surface area contributed by atoms with Gasteiger partial charge in [0.05, 0.1) is 0 Å². The predicted octanol–water partition coefficient (Wildman–Crippen LogP) is 4.92. The molecule has 0 fully saturated rings. The van der Waals surface area contributed by atoms with Gasteiger partial charge in [-0.3, -0.25) is 0 Å². The summed E-state index contributed by atoms with van der Waals surface area (Å²) in [7, 11) is 0. The molecule has 0 aromatic rings. The van der Waals surface area contributed by atoms with Gasteiger partial charge in [-0.25, -0.2) is 0 Å². The van der Waals surface area contributed by atoms with Gasteiger partial charge >= 0.3 is 16.8 Å². The Morgan fingerprint density at radius 3 is 0.714 bits per heavy atom. The van der Waals surface area contributed by atoms with Gasteiger partial charge in [0.25, 0.3) is 0 Å². The maximum absolute atomic E-state index is 3.60. The van der Waals surface area contributed by atoms with Crippen molar-refractivity contribution in [1.82, 2.24) is 0 Å². The fourth-order valence-corrected chi connectivity index (χ4v) is 0. The normalized spacial score (nSPS) is 6.43. The Morgan fingerprint density at radius 2 is 0.714 bits per heavy atom. The first kappa shape index (κ1) is 29.4. The van der Waals surface area contributed by atoms with E-state index in [1.54, 1.807) is 0 Å². The maximum atomic E-state index is 3.60. The fraction of sp³-hybridized carbons (Fsp3) is 0.750. The Bertz CT molecular complexity index is 25.8. The van der Waals surface area contributed by atoms with E-state index in [2.05, 4.69) is 41.5 Å². The van der Waals surface area contributed by atoms with Crippen LogP contribution in [0.2, 0.25) is 0 Å². The van der Waals surface area contributed by atoms with Crippen LogP contribution in [-0.4, -0.2) is 0 Å². The summed E-state index contributed by atoms with van der Waals surface area (Å²) in [6.45, 7) is 17.2. The number of hydrogen-bond donors (Lipinski definition) is 0. The van der Waals surface area contributed by atoms with Crippen molar-refractivity contribution in [2.45, 2.75) is 59.3 Å². The second-order valence-corrected chi connectivity index (χ2v) is 2.56. The number of rotatable bonds is 3. The van der Waals surface area contributed by atoms with E-state index in [4.69, 9.17) is 0 Å². The van der Waals surface area contributed by atoms with Gasteiger partial charge in [-0.05, 0) is 0 Å². The van der Waals surface area contributed by atoms with E-state index >= 15 is 0 Å². The topological polar surface area (TPSA) is 0 Å². The van der Waals surface area contributed by atoms with Crippen LogP contribution in [0.4, 0.5) is 0 Å². The molecule has 1 atom stereocenters. The molecule has 0 aliphatic carbocycles. The second kappa shape index (κ2) is 48.5. The SMILES string of the molecule is P.[CH2-]CCC.[CH2-]CCC.[CH2-]CCC.[Co+3]. The summed E-state index contributed by atoms with van der Waals surface area (Å²) in [5.74, 6) is 0. The van der Waals surface area contributed by atoms with Crippen LogP contribution in [0, 0.1) is 20.8 Å². The summed E-state index contributed by atoms with van der Waals surface area (Å²) < 4.78 is 0. The molecule has 0 rings (SSSR count). The molecule has 0 heterocycles. The van der Waals surface area contributed by atoms with Crippen molar-refractivity contribution in [2.24, 2.45) is 0 Å². The van der Waals surface area contributed by atoms with Gasteiger partial charge in [0.2, 0.25) is 0 Å². The zero-order valence-corrected chi connectivity index (χ0v) is 12.9. The van der Waals surface area contributed by atoms with Crippen molar-refractivity contribution < 1.29 is 16.8 Å². The Hall–Kier alpha value is 0.936. The van der Waals surface area contributed by atoms with Crippen molar-refractivity contribution in [3.05, 3.63) is 20.8 Å². The van der Waals surface area contributed by atoms with Gasteiger partial charge in [-0.15, -0.1) is 0 Å². The Kier molecular flexibility index (Phi) is 102. The van der Waals surface area contributed by atoms with Crippen molar-refractivity contribution in [3.8, 4) is 0 Å². The molecule has 92 valence electrons. The zero-order chi connectivity index (χ0) is 10.2. The van der Waals surface area contributed by atoms with E-state index in [1.165, 1.54) is 19.3 Å². The van der Waals surface area contributed by atoms with Gasteiger partial charge < -0.3 is 20.8 Å². The van der Waals surface area contributed by atoms with Crippen molar-refractivity contribution in [2.75, 3.05) is 0 Å². The van der Waals surface area contributed by atoms with Crippen LogP contribution in [0.3, 0.4) is 0 Å². The molecule has 0 spiro atoms. The standard InChI is InChI=1S/3C4H9.Co.H3P/c3*1-3-4-2;;/h3*1,3-4H2,2H3;;1H3/q3*-1;+3;. The molecule has 14 heavy (non-hydrogen) atoms. The molecule has 0 nitrogen and oxygen atoms in total. The van der Waals surface area contributed by atoms with E-state index in [0.29, 0.717) is 0 Å². The molecule has 2 heteroatoms. The van der Waals surface area contributed by atoms with E-state index in [9.17, 15) is 0 Å². The molecule has 0 aliphatic heterocycles. The van der Waals surface area contributed by atoms with Crippen molar-refractivity contribution in [3.63, 3.8) is 0 Å². The minimum absolute atomic E-state index is 0. The van der Waals surface area contributed by atoms with E-state index in [-0.39, 0.29) is 26.7 Å².